The first-order valence-corrected chi connectivity index (χ1v) is 16.3. The average Bonchev–Trinajstić information content (AvgIpc) is 4.02. The number of aromatic nitrogens is 8. The molecule has 0 aliphatic rings. The lowest BCUT2D eigenvalue weighted by Crippen LogP contribution is -2.11. The number of rotatable bonds is 9. The smallest absolute Gasteiger partial charge is 0.358 e. The van der Waals surface area contributed by atoms with Gasteiger partial charge >= 0.3 is 5.97 Å². The lowest BCUT2D eigenvalue weighted by molar-refractivity contribution is 0.0685. The van der Waals surface area contributed by atoms with Crippen LogP contribution in [0.15, 0.2) is 144 Å². The van der Waals surface area contributed by atoms with Crippen LogP contribution < -0.4 is 11.1 Å². The quantitative estimate of drug-likeness (QED) is 0.146. The molecule has 55 heavy (non-hydrogen) atoms. The van der Waals surface area contributed by atoms with E-state index in [1.807, 2.05) is 6.07 Å². The zero-order chi connectivity index (χ0) is 38.6. The van der Waals surface area contributed by atoms with E-state index in [2.05, 4.69) is 35.8 Å². The third kappa shape index (κ3) is 10.6. The summed E-state index contributed by atoms with van der Waals surface area (Å²) in [6.45, 7) is 0.929. The number of hydrogen-bond acceptors (Lipinski definition) is 11. The Morgan fingerprint density at radius 3 is 1.69 bits per heavy atom. The molecule has 6 aromatic heterocycles. The number of halogens is 2. The lowest BCUT2D eigenvalue weighted by atomic mass is 10.2. The highest BCUT2D eigenvalue weighted by atomic mass is 19.1. The highest BCUT2D eigenvalue weighted by molar-refractivity contribution is 6.03. The van der Waals surface area contributed by atoms with Gasteiger partial charge in [0, 0.05) is 60.4 Å². The number of nitrogens with zero attached hydrogens (tertiary/aromatic N) is 8. The number of benzene rings is 2. The normalized spacial score (nSPS) is 10.4. The Balaban J connectivity index is 0.000000155. The number of nitrogen functional groups attached to an aromatic ring is 1. The van der Waals surface area contributed by atoms with Gasteiger partial charge < -0.3 is 25.2 Å². The average molecular weight is 745 g/mol. The summed E-state index contributed by atoms with van der Waals surface area (Å²) in [5, 5.41) is 26.7. The second kappa shape index (κ2) is 17.6. The first kappa shape index (κ1) is 37.0. The number of nitrogens with two attached hydrogens (primary N) is 1. The van der Waals surface area contributed by atoms with Crippen LogP contribution in [0.1, 0.15) is 32.1 Å². The zero-order valence-electron chi connectivity index (χ0n) is 28.6. The number of carbonyl (C=O) groups excluding carboxylic acids is 1. The van der Waals surface area contributed by atoms with Crippen LogP contribution in [-0.4, -0.2) is 56.8 Å². The number of carboxylic acid groups (broad SMARTS) is 1. The molecule has 1 amide bonds. The Morgan fingerprint density at radius 2 is 1.20 bits per heavy atom. The summed E-state index contributed by atoms with van der Waals surface area (Å²) in [4.78, 5) is 30.6. The fourth-order valence-corrected chi connectivity index (χ4v) is 4.88. The summed E-state index contributed by atoms with van der Waals surface area (Å²) in [7, 11) is 0. The third-order valence-corrected chi connectivity index (χ3v) is 7.41. The Labute approximate surface area is 310 Å². The van der Waals surface area contributed by atoms with Gasteiger partial charge in [0.1, 0.15) is 11.6 Å². The second-order valence-electron chi connectivity index (χ2n) is 11.5. The molecule has 0 saturated carbocycles. The summed E-state index contributed by atoms with van der Waals surface area (Å²) in [5.41, 5.74) is 9.84. The number of aromatic carboxylic acids is 1. The Bertz CT molecular complexity index is 2480. The van der Waals surface area contributed by atoms with Crippen LogP contribution in [0.2, 0.25) is 0 Å². The second-order valence-corrected chi connectivity index (χ2v) is 11.5. The summed E-state index contributed by atoms with van der Waals surface area (Å²) in [6, 6.07) is 22.6. The molecule has 0 bridgehead atoms. The molecule has 0 aliphatic heterocycles. The van der Waals surface area contributed by atoms with E-state index >= 15 is 0 Å². The first-order chi connectivity index (χ1) is 26.7. The predicted octanol–water partition coefficient (Wildman–Crippen LogP) is 6.46. The van der Waals surface area contributed by atoms with Crippen molar-refractivity contribution in [1.29, 1.82) is 0 Å². The molecular weight excluding hydrogens is 714 g/mol. The van der Waals surface area contributed by atoms with Crippen molar-refractivity contribution >= 4 is 23.3 Å². The summed E-state index contributed by atoms with van der Waals surface area (Å²) >= 11 is 0. The largest absolute Gasteiger partial charge is 0.476 e. The fourth-order valence-electron chi connectivity index (χ4n) is 4.88. The Morgan fingerprint density at radius 1 is 0.691 bits per heavy atom. The number of amides is 1. The Hall–Kier alpha value is -7.82. The molecule has 0 saturated heterocycles. The molecule has 0 fully saturated rings. The molecular formula is C38H30F2N10O5. The van der Waals surface area contributed by atoms with E-state index < -0.39 is 11.9 Å². The van der Waals surface area contributed by atoms with E-state index in [-0.39, 0.29) is 23.0 Å². The number of carboxylic acids is 1. The van der Waals surface area contributed by atoms with E-state index in [0.29, 0.717) is 36.0 Å². The van der Waals surface area contributed by atoms with Crippen LogP contribution in [0.5, 0.6) is 0 Å². The maximum absolute atomic E-state index is 13.3. The van der Waals surface area contributed by atoms with E-state index in [1.165, 1.54) is 36.5 Å². The topological polar surface area (TPSA) is 206 Å². The summed E-state index contributed by atoms with van der Waals surface area (Å²) in [5.74, 6) is -1.15. The van der Waals surface area contributed by atoms with Crippen molar-refractivity contribution in [2.24, 2.45) is 0 Å². The molecule has 0 radical (unpaired) electrons. The number of pyridine rings is 2. The highest BCUT2D eigenvalue weighted by Crippen LogP contribution is 2.21. The van der Waals surface area contributed by atoms with Crippen LogP contribution in [0, 0.1) is 11.6 Å². The zero-order valence-corrected chi connectivity index (χ0v) is 28.6. The molecule has 0 unspecified atom stereocenters. The van der Waals surface area contributed by atoms with E-state index in [9.17, 15) is 18.4 Å². The van der Waals surface area contributed by atoms with Gasteiger partial charge in [0.05, 0.1) is 36.9 Å². The molecule has 276 valence electrons. The van der Waals surface area contributed by atoms with E-state index in [0.717, 1.165) is 22.3 Å². The molecule has 6 heterocycles. The predicted molar refractivity (Wildman–Crippen MR) is 194 cm³/mol. The monoisotopic (exact) mass is 744 g/mol. The molecule has 8 aromatic rings. The molecule has 2 aromatic carbocycles. The number of hydrogen-bond donors (Lipinski definition) is 3. The van der Waals surface area contributed by atoms with Gasteiger partial charge in [-0.1, -0.05) is 34.6 Å². The minimum atomic E-state index is -1.10. The van der Waals surface area contributed by atoms with Crippen molar-refractivity contribution in [3.05, 3.63) is 169 Å². The van der Waals surface area contributed by atoms with Crippen molar-refractivity contribution in [2.45, 2.75) is 13.1 Å². The van der Waals surface area contributed by atoms with Gasteiger partial charge in [0.15, 0.2) is 22.9 Å². The SMILES string of the molecule is Nc1cnn(Cc2cccc(F)c2)c1.O=C(Nc1cnn(Cc2cccc(F)c2)c1)c1cc(-c2ccncc2)on1.O=C(O)c1cc(-c2ccncc2)on1. The molecule has 0 aliphatic carbocycles. The van der Waals surface area contributed by atoms with E-state index in [4.69, 9.17) is 19.9 Å². The van der Waals surface area contributed by atoms with Crippen molar-refractivity contribution in [1.82, 2.24) is 39.8 Å². The number of nitrogens with one attached hydrogen (secondary N) is 1. The van der Waals surface area contributed by atoms with Crippen molar-refractivity contribution in [3.63, 3.8) is 0 Å². The van der Waals surface area contributed by atoms with Crippen LogP contribution in [0.3, 0.4) is 0 Å². The maximum atomic E-state index is 13.3. The Kier molecular flexibility index (Phi) is 11.8. The van der Waals surface area contributed by atoms with Crippen molar-refractivity contribution in [3.8, 4) is 22.6 Å². The lowest BCUT2D eigenvalue weighted by Gasteiger charge is -2.02. The van der Waals surface area contributed by atoms with Crippen molar-refractivity contribution in [2.75, 3.05) is 11.1 Å². The van der Waals surface area contributed by atoms with Gasteiger partial charge in [-0.2, -0.15) is 10.2 Å². The summed E-state index contributed by atoms with van der Waals surface area (Å²) < 4.78 is 39.4. The molecule has 0 spiro atoms. The van der Waals surface area contributed by atoms with Crippen LogP contribution in [-0.2, 0) is 13.1 Å². The van der Waals surface area contributed by atoms with Crippen LogP contribution >= 0.6 is 0 Å². The first-order valence-electron chi connectivity index (χ1n) is 16.3. The van der Waals surface area contributed by atoms with Gasteiger partial charge in [-0.15, -0.1) is 0 Å². The number of carbonyl (C=O) groups is 2. The van der Waals surface area contributed by atoms with Gasteiger partial charge in [-0.25, -0.2) is 13.6 Å². The third-order valence-electron chi connectivity index (χ3n) is 7.41. The van der Waals surface area contributed by atoms with Crippen LogP contribution in [0.25, 0.3) is 22.6 Å². The molecule has 4 N–H and O–H groups in total. The summed E-state index contributed by atoms with van der Waals surface area (Å²) in [6.07, 6.45) is 12.9. The molecule has 0 atom stereocenters. The molecule has 8 rings (SSSR count). The van der Waals surface area contributed by atoms with Gasteiger partial charge in [0.2, 0.25) is 0 Å². The number of anilines is 2. The minimum absolute atomic E-state index is 0.100. The highest BCUT2D eigenvalue weighted by Gasteiger charge is 2.15. The van der Waals surface area contributed by atoms with Gasteiger partial charge in [-0.05, 0) is 59.7 Å². The van der Waals surface area contributed by atoms with Crippen LogP contribution in [0.4, 0.5) is 20.2 Å². The molecule has 15 nitrogen and oxygen atoms in total. The minimum Gasteiger partial charge on any atom is -0.476 e. The fraction of sp³-hybridized carbons (Fsp3) is 0.0526. The molecule has 17 heteroatoms. The van der Waals surface area contributed by atoms with E-state index in [1.54, 1.807) is 101 Å². The maximum Gasteiger partial charge on any atom is 0.358 e. The van der Waals surface area contributed by atoms with Gasteiger partial charge in [-0.3, -0.25) is 24.1 Å². The van der Waals surface area contributed by atoms with Gasteiger partial charge in [0.25, 0.3) is 5.91 Å². The van der Waals surface area contributed by atoms with Crippen molar-refractivity contribution < 1.29 is 32.5 Å². The standard InChI is InChI=1S/C19H14FN5O2.C10H10FN3.C9H6N2O3/c20-15-3-1-2-13(8-15)11-25-12-16(10-22-25)23-19(26)17-9-18(27-24-17)14-4-6-21-7-5-14;11-9-3-1-2-8(4-9)6-14-7-10(12)5-13-14;12-9(13)7-5-8(14-11-7)6-1-3-10-4-2-6/h1-10,12H,11H2,(H,23,26);1-5,7H,6,12H2;1-5H,(H,12,13).